The zero-order valence-electron chi connectivity index (χ0n) is 11.6. The van der Waals surface area contributed by atoms with Crippen LogP contribution in [0.4, 0.5) is 0 Å². The summed E-state index contributed by atoms with van der Waals surface area (Å²) in [5, 5.41) is 4.88. The monoisotopic (exact) mass is 347 g/mol. The molecule has 1 aromatic rings. The lowest BCUT2D eigenvalue weighted by Gasteiger charge is -2.32. The van der Waals surface area contributed by atoms with Gasteiger partial charge in [0.15, 0.2) is 0 Å². The first kappa shape index (κ1) is 16.6. The van der Waals surface area contributed by atoms with Crippen LogP contribution >= 0.6 is 27.3 Å². The van der Waals surface area contributed by atoms with Gasteiger partial charge in [0.2, 0.25) is 5.91 Å². The number of carbonyl (C=O) groups excluding carboxylic acids is 1. The molecule has 3 N–H and O–H groups in total. The van der Waals surface area contributed by atoms with Crippen LogP contribution in [0.25, 0.3) is 0 Å². The molecular weight excluding hydrogens is 326 g/mol. The van der Waals surface area contributed by atoms with Gasteiger partial charge < -0.3 is 11.1 Å². The van der Waals surface area contributed by atoms with Crippen molar-refractivity contribution < 1.29 is 4.79 Å². The van der Waals surface area contributed by atoms with Crippen LogP contribution in [0.5, 0.6) is 0 Å². The minimum absolute atomic E-state index is 0.0278. The zero-order valence-corrected chi connectivity index (χ0v) is 14.1. The summed E-state index contributed by atoms with van der Waals surface area (Å²) in [6.45, 7) is 7.79. The molecule has 0 aliphatic carbocycles. The minimum atomic E-state index is -0.0278. The number of hydrogen-bond donors (Lipinski definition) is 2. The quantitative estimate of drug-likeness (QED) is 0.795. The maximum absolute atomic E-state index is 11.8. The summed E-state index contributed by atoms with van der Waals surface area (Å²) in [5.41, 5.74) is 6.12. The smallest absolute Gasteiger partial charge is 0.234 e. The van der Waals surface area contributed by atoms with Crippen LogP contribution in [-0.2, 0) is 4.79 Å². The molecule has 0 saturated carbocycles. The molecule has 2 atom stereocenters. The molecule has 1 heterocycles. The maximum Gasteiger partial charge on any atom is 0.234 e. The van der Waals surface area contributed by atoms with E-state index in [-0.39, 0.29) is 18.0 Å². The average molecular weight is 348 g/mol. The number of amides is 1. The SMILES string of the molecule is CCNC(=O)CN(CC)C(c1cc(Br)cs1)C(C)N. The van der Waals surface area contributed by atoms with Gasteiger partial charge in [0.1, 0.15) is 0 Å². The van der Waals surface area contributed by atoms with Crippen LogP contribution in [-0.4, -0.2) is 36.5 Å². The van der Waals surface area contributed by atoms with Crippen LogP contribution in [0.1, 0.15) is 31.7 Å². The fraction of sp³-hybridized carbons (Fsp3) is 0.615. The van der Waals surface area contributed by atoms with Crippen molar-refractivity contribution in [3.8, 4) is 0 Å². The van der Waals surface area contributed by atoms with Crippen molar-refractivity contribution in [3.63, 3.8) is 0 Å². The highest BCUT2D eigenvalue weighted by Crippen LogP contribution is 2.31. The first-order valence-corrected chi connectivity index (χ1v) is 8.17. The summed E-state index contributed by atoms with van der Waals surface area (Å²) in [4.78, 5) is 15.1. The molecule has 1 aromatic heterocycles. The standard InChI is InChI=1S/C13H22BrN3OS/c1-4-16-12(18)7-17(5-2)13(9(3)15)11-6-10(14)8-19-11/h6,8-9,13H,4-5,7,15H2,1-3H3,(H,16,18). The molecular formula is C13H22BrN3OS. The van der Waals surface area contributed by atoms with E-state index in [0.717, 1.165) is 11.0 Å². The highest BCUT2D eigenvalue weighted by atomic mass is 79.9. The van der Waals surface area contributed by atoms with Gasteiger partial charge in [-0.25, -0.2) is 0 Å². The van der Waals surface area contributed by atoms with Gasteiger partial charge in [0.05, 0.1) is 12.6 Å². The van der Waals surface area contributed by atoms with Gasteiger partial charge in [0.25, 0.3) is 0 Å². The summed E-state index contributed by atoms with van der Waals surface area (Å²) in [7, 11) is 0. The van der Waals surface area contributed by atoms with Gasteiger partial charge in [-0.1, -0.05) is 6.92 Å². The second kappa shape index (κ2) is 7.99. The summed E-state index contributed by atoms with van der Waals surface area (Å²) in [5.74, 6) is 0.0469. The molecule has 0 fully saturated rings. The summed E-state index contributed by atoms with van der Waals surface area (Å²) >= 11 is 5.14. The molecule has 0 bridgehead atoms. The van der Waals surface area contributed by atoms with Crippen molar-refractivity contribution in [2.75, 3.05) is 19.6 Å². The average Bonchev–Trinajstić information content (AvgIpc) is 2.74. The topological polar surface area (TPSA) is 58.4 Å². The molecule has 6 heteroatoms. The highest BCUT2D eigenvalue weighted by molar-refractivity contribution is 9.10. The van der Waals surface area contributed by atoms with E-state index in [4.69, 9.17) is 5.73 Å². The molecule has 108 valence electrons. The normalized spacial score (nSPS) is 14.4. The van der Waals surface area contributed by atoms with E-state index in [1.807, 2.05) is 19.2 Å². The van der Waals surface area contributed by atoms with Crippen molar-refractivity contribution in [2.45, 2.75) is 32.9 Å². The Morgan fingerprint density at radius 2 is 2.26 bits per heavy atom. The number of rotatable bonds is 7. The second-order valence-corrected chi connectivity index (χ2v) is 6.35. The lowest BCUT2D eigenvalue weighted by Crippen LogP contribution is -2.44. The van der Waals surface area contributed by atoms with E-state index in [0.29, 0.717) is 13.1 Å². The lowest BCUT2D eigenvalue weighted by atomic mass is 10.1. The predicted molar refractivity (Wildman–Crippen MR) is 84.3 cm³/mol. The molecule has 2 unspecified atom stereocenters. The van der Waals surface area contributed by atoms with Crippen molar-refractivity contribution in [1.82, 2.24) is 10.2 Å². The Morgan fingerprint density at radius 1 is 1.58 bits per heavy atom. The number of halogens is 1. The summed E-state index contributed by atoms with van der Waals surface area (Å²) < 4.78 is 1.06. The van der Waals surface area contributed by atoms with Crippen LogP contribution in [0.2, 0.25) is 0 Å². The van der Waals surface area contributed by atoms with E-state index in [9.17, 15) is 4.79 Å². The van der Waals surface area contributed by atoms with Gasteiger partial charge >= 0.3 is 0 Å². The zero-order chi connectivity index (χ0) is 14.4. The molecule has 1 rings (SSSR count). The van der Waals surface area contributed by atoms with Crippen LogP contribution < -0.4 is 11.1 Å². The van der Waals surface area contributed by atoms with E-state index in [2.05, 4.69) is 39.1 Å². The molecule has 0 spiro atoms. The number of nitrogens with two attached hydrogens (primary N) is 1. The van der Waals surface area contributed by atoms with Crippen molar-refractivity contribution in [1.29, 1.82) is 0 Å². The number of nitrogens with zero attached hydrogens (tertiary/aromatic N) is 1. The van der Waals surface area contributed by atoms with Gasteiger partial charge in [-0.2, -0.15) is 0 Å². The Kier molecular flexibility index (Phi) is 6.99. The molecule has 0 aliphatic rings. The van der Waals surface area contributed by atoms with Crippen LogP contribution in [0, 0.1) is 0 Å². The molecule has 0 aliphatic heterocycles. The molecule has 4 nitrogen and oxygen atoms in total. The maximum atomic E-state index is 11.8. The number of nitrogens with one attached hydrogen (secondary N) is 1. The Balaban J connectivity index is 2.86. The second-order valence-electron chi connectivity index (χ2n) is 4.49. The van der Waals surface area contributed by atoms with E-state index < -0.39 is 0 Å². The van der Waals surface area contributed by atoms with Crippen molar-refractivity contribution in [3.05, 3.63) is 20.8 Å². The third-order valence-electron chi connectivity index (χ3n) is 2.90. The van der Waals surface area contributed by atoms with Crippen molar-refractivity contribution >= 4 is 33.2 Å². The predicted octanol–water partition coefficient (Wildman–Crippen LogP) is 2.36. The number of thiophene rings is 1. The van der Waals surface area contributed by atoms with Crippen LogP contribution in [0.15, 0.2) is 15.9 Å². The number of likely N-dealkylation sites (N-methyl/N-ethyl adjacent to an activating group) is 2. The third-order valence-corrected chi connectivity index (χ3v) is 4.66. The largest absolute Gasteiger partial charge is 0.355 e. The molecule has 0 radical (unpaired) electrons. The Hall–Kier alpha value is -0.430. The summed E-state index contributed by atoms with van der Waals surface area (Å²) in [6, 6.07) is 2.13. The first-order valence-electron chi connectivity index (χ1n) is 6.49. The van der Waals surface area contributed by atoms with Gasteiger partial charge in [0, 0.05) is 27.3 Å². The number of hydrogen-bond acceptors (Lipinski definition) is 4. The fourth-order valence-electron chi connectivity index (χ4n) is 2.10. The Labute approximate surface area is 127 Å². The van der Waals surface area contributed by atoms with Gasteiger partial charge in [-0.05, 0) is 42.4 Å². The highest BCUT2D eigenvalue weighted by Gasteiger charge is 2.25. The molecule has 19 heavy (non-hydrogen) atoms. The minimum Gasteiger partial charge on any atom is -0.355 e. The van der Waals surface area contributed by atoms with Crippen LogP contribution in [0.3, 0.4) is 0 Å². The molecule has 0 aromatic carbocycles. The third kappa shape index (κ3) is 4.87. The molecule has 0 saturated heterocycles. The van der Waals surface area contributed by atoms with Gasteiger partial charge in [-0.3, -0.25) is 9.69 Å². The van der Waals surface area contributed by atoms with E-state index in [1.165, 1.54) is 4.88 Å². The van der Waals surface area contributed by atoms with E-state index in [1.54, 1.807) is 11.3 Å². The fourth-order valence-corrected chi connectivity index (χ4v) is 3.79. The number of carbonyl (C=O) groups is 1. The first-order chi connectivity index (χ1) is 8.99. The lowest BCUT2D eigenvalue weighted by molar-refractivity contribution is -0.122. The Bertz CT molecular complexity index is 408. The molecule has 1 amide bonds. The van der Waals surface area contributed by atoms with Crippen molar-refractivity contribution in [2.24, 2.45) is 5.73 Å². The van der Waals surface area contributed by atoms with E-state index >= 15 is 0 Å². The van der Waals surface area contributed by atoms with Gasteiger partial charge in [-0.15, -0.1) is 11.3 Å². The summed E-state index contributed by atoms with van der Waals surface area (Å²) in [6.07, 6.45) is 0. The Morgan fingerprint density at radius 3 is 2.68 bits per heavy atom.